The first-order chi connectivity index (χ1) is 12.4. The SMILES string of the molecule is COc1cc(O)c(O[C@@H]2O[C@H](CO)[C@@H](O)[C@H](O)[C@H]2O)c2oc(=O)ccc12. The first kappa shape index (κ1) is 18.4. The number of fused-ring (bicyclic) bond motifs is 1. The fourth-order valence-electron chi connectivity index (χ4n) is 2.73. The quantitative estimate of drug-likeness (QED) is 0.409. The standard InChI is InChI=1S/C16H18O10/c1-23-8-4-7(18)15(14-6(8)2-3-10(19)25-14)26-16-13(22)12(21)11(20)9(5-17)24-16/h2-4,9,11-13,16-18,20-22H,5H2,1H3/t9-,11-,12+,13-,16+/m1/s1. The second kappa shape index (κ2) is 7.09. The van der Waals surface area contributed by atoms with E-state index in [1.165, 1.54) is 19.2 Å². The second-order valence-corrected chi connectivity index (χ2v) is 5.74. The Morgan fingerprint density at radius 3 is 2.54 bits per heavy atom. The summed E-state index contributed by atoms with van der Waals surface area (Å²) in [5, 5.41) is 49.4. The Morgan fingerprint density at radius 1 is 1.15 bits per heavy atom. The van der Waals surface area contributed by atoms with Gasteiger partial charge >= 0.3 is 5.63 Å². The summed E-state index contributed by atoms with van der Waals surface area (Å²) in [6.45, 7) is -0.644. The van der Waals surface area contributed by atoms with Crippen molar-refractivity contribution < 1.29 is 44.2 Å². The number of benzene rings is 1. The lowest BCUT2D eigenvalue weighted by atomic mass is 9.99. The number of hydrogen-bond donors (Lipinski definition) is 5. The van der Waals surface area contributed by atoms with Gasteiger partial charge in [0, 0.05) is 12.1 Å². The molecular formula is C16H18O10. The average molecular weight is 370 g/mol. The Balaban J connectivity index is 2.04. The van der Waals surface area contributed by atoms with Crippen molar-refractivity contribution in [3.63, 3.8) is 0 Å². The largest absolute Gasteiger partial charge is 0.504 e. The maximum absolute atomic E-state index is 11.6. The Labute approximate surface area is 146 Å². The van der Waals surface area contributed by atoms with Crippen LogP contribution in [-0.2, 0) is 4.74 Å². The van der Waals surface area contributed by atoms with Gasteiger partial charge in [-0.05, 0) is 6.07 Å². The summed E-state index contributed by atoms with van der Waals surface area (Å²) in [5.41, 5.74) is -0.880. The van der Waals surface area contributed by atoms with Gasteiger partial charge in [0.1, 0.15) is 30.2 Å². The van der Waals surface area contributed by atoms with Crippen molar-refractivity contribution in [3.8, 4) is 17.2 Å². The molecule has 2 aromatic rings. The van der Waals surface area contributed by atoms with E-state index in [9.17, 15) is 30.3 Å². The van der Waals surface area contributed by atoms with E-state index < -0.39 is 48.7 Å². The van der Waals surface area contributed by atoms with Gasteiger partial charge in [0.25, 0.3) is 0 Å². The third-order valence-corrected chi connectivity index (χ3v) is 4.11. The molecule has 10 heteroatoms. The molecule has 3 rings (SSSR count). The summed E-state index contributed by atoms with van der Waals surface area (Å²) < 4.78 is 20.8. The molecule has 2 heterocycles. The van der Waals surface area contributed by atoms with Gasteiger partial charge in [0.15, 0.2) is 11.3 Å². The van der Waals surface area contributed by atoms with Crippen LogP contribution in [0.3, 0.4) is 0 Å². The summed E-state index contributed by atoms with van der Waals surface area (Å²) in [4.78, 5) is 11.6. The van der Waals surface area contributed by atoms with Crippen LogP contribution in [0.4, 0.5) is 0 Å². The summed E-state index contributed by atoms with van der Waals surface area (Å²) in [6.07, 6.45) is -7.67. The van der Waals surface area contributed by atoms with Crippen LogP contribution in [0, 0.1) is 0 Å². The van der Waals surface area contributed by atoms with Gasteiger partial charge in [-0.25, -0.2) is 4.79 Å². The van der Waals surface area contributed by atoms with E-state index in [0.29, 0.717) is 5.39 Å². The highest BCUT2D eigenvalue weighted by Gasteiger charge is 2.45. The molecule has 1 aromatic carbocycles. The number of phenols is 1. The van der Waals surface area contributed by atoms with Gasteiger partial charge in [-0.2, -0.15) is 0 Å². The Hall–Kier alpha value is -2.37. The molecule has 0 bridgehead atoms. The number of hydrogen-bond acceptors (Lipinski definition) is 10. The molecule has 0 amide bonds. The highest BCUT2D eigenvalue weighted by Crippen LogP contribution is 2.41. The molecule has 1 fully saturated rings. The highest BCUT2D eigenvalue weighted by atomic mass is 16.7. The summed E-state index contributed by atoms with van der Waals surface area (Å²) in [6, 6.07) is 3.76. The molecular weight excluding hydrogens is 352 g/mol. The molecule has 5 N–H and O–H groups in total. The average Bonchev–Trinajstić information content (AvgIpc) is 2.63. The zero-order chi connectivity index (χ0) is 19.0. The van der Waals surface area contributed by atoms with Crippen LogP contribution >= 0.6 is 0 Å². The number of methoxy groups -OCH3 is 1. The lowest BCUT2D eigenvalue weighted by Gasteiger charge is -2.39. The van der Waals surface area contributed by atoms with E-state index in [1.54, 1.807) is 0 Å². The van der Waals surface area contributed by atoms with Crippen molar-refractivity contribution >= 4 is 11.0 Å². The fraction of sp³-hybridized carbons (Fsp3) is 0.438. The number of rotatable bonds is 4. The monoisotopic (exact) mass is 370 g/mol. The Morgan fingerprint density at radius 2 is 1.88 bits per heavy atom. The van der Waals surface area contributed by atoms with Gasteiger partial charge < -0.3 is 44.2 Å². The van der Waals surface area contributed by atoms with E-state index in [0.717, 1.165) is 6.07 Å². The van der Waals surface area contributed by atoms with Crippen LogP contribution in [0.25, 0.3) is 11.0 Å². The van der Waals surface area contributed by atoms with Crippen molar-refractivity contribution in [2.24, 2.45) is 0 Å². The maximum Gasteiger partial charge on any atom is 0.336 e. The summed E-state index contributed by atoms with van der Waals surface area (Å²) >= 11 is 0. The maximum atomic E-state index is 11.6. The molecule has 1 aliphatic heterocycles. The zero-order valence-electron chi connectivity index (χ0n) is 13.6. The van der Waals surface area contributed by atoms with Crippen molar-refractivity contribution in [2.45, 2.75) is 30.7 Å². The number of aliphatic hydroxyl groups excluding tert-OH is 4. The fourth-order valence-corrected chi connectivity index (χ4v) is 2.73. The topological polar surface area (TPSA) is 159 Å². The third kappa shape index (κ3) is 3.08. The molecule has 1 aromatic heterocycles. The molecule has 0 spiro atoms. The minimum Gasteiger partial charge on any atom is -0.504 e. The van der Waals surface area contributed by atoms with E-state index in [4.69, 9.17) is 18.6 Å². The highest BCUT2D eigenvalue weighted by molar-refractivity contribution is 5.90. The molecule has 5 atom stereocenters. The smallest absolute Gasteiger partial charge is 0.336 e. The molecule has 0 radical (unpaired) electrons. The number of ether oxygens (including phenoxy) is 3. The van der Waals surface area contributed by atoms with Crippen LogP contribution in [-0.4, -0.2) is 70.0 Å². The molecule has 0 saturated carbocycles. The van der Waals surface area contributed by atoms with Gasteiger partial charge in [-0.1, -0.05) is 0 Å². The number of phenolic OH excluding ortho intramolecular Hbond substituents is 1. The predicted molar refractivity (Wildman–Crippen MR) is 85.1 cm³/mol. The predicted octanol–water partition coefficient (Wildman–Crippen LogP) is -1.31. The lowest BCUT2D eigenvalue weighted by Crippen LogP contribution is -2.60. The van der Waals surface area contributed by atoms with Crippen molar-refractivity contribution in [1.82, 2.24) is 0 Å². The molecule has 1 aliphatic rings. The van der Waals surface area contributed by atoms with Crippen molar-refractivity contribution in [2.75, 3.05) is 13.7 Å². The first-order valence-electron chi connectivity index (χ1n) is 7.68. The molecule has 1 saturated heterocycles. The molecule has 0 unspecified atom stereocenters. The van der Waals surface area contributed by atoms with E-state index in [1.807, 2.05) is 0 Å². The Bertz CT molecular complexity index is 845. The van der Waals surface area contributed by atoms with Gasteiger partial charge in [0.05, 0.1) is 19.1 Å². The van der Waals surface area contributed by atoms with E-state index in [-0.39, 0.29) is 17.1 Å². The van der Waals surface area contributed by atoms with Crippen LogP contribution in [0.15, 0.2) is 27.4 Å². The number of aliphatic hydroxyl groups is 4. The molecule has 10 nitrogen and oxygen atoms in total. The normalized spacial score (nSPS) is 28.9. The first-order valence-corrected chi connectivity index (χ1v) is 7.68. The minimum absolute atomic E-state index is 0.161. The summed E-state index contributed by atoms with van der Waals surface area (Å²) in [7, 11) is 1.36. The minimum atomic E-state index is -1.69. The molecule has 142 valence electrons. The van der Waals surface area contributed by atoms with Crippen LogP contribution in [0.2, 0.25) is 0 Å². The lowest BCUT2D eigenvalue weighted by molar-refractivity contribution is -0.277. The zero-order valence-corrected chi connectivity index (χ0v) is 13.6. The van der Waals surface area contributed by atoms with Crippen molar-refractivity contribution in [3.05, 3.63) is 28.6 Å². The second-order valence-electron chi connectivity index (χ2n) is 5.74. The van der Waals surface area contributed by atoms with E-state index >= 15 is 0 Å². The van der Waals surface area contributed by atoms with Crippen LogP contribution < -0.4 is 15.1 Å². The summed E-state index contributed by atoms with van der Waals surface area (Å²) in [5.74, 6) is -0.592. The Kier molecular flexibility index (Phi) is 5.03. The van der Waals surface area contributed by atoms with Gasteiger partial charge in [-0.3, -0.25) is 0 Å². The van der Waals surface area contributed by atoms with Crippen LogP contribution in [0.5, 0.6) is 17.2 Å². The molecule has 26 heavy (non-hydrogen) atoms. The molecule has 0 aliphatic carbocycles. The van der Waals surface area contributed by atoms with Gasteiger partial charge in [-0.15, -0.1) is 0 Å². The number of aromatic hydroxyl groups is 1. The third-order valence-electron chi connectivity index (χ3n) is 4.11. The van der Waals surface area contributed by atoms with Gasteiger partial charge in [0.2, 0.25) is 12.0 Å². The van der Waals surface area contributed by atoms with Crippen LogP contribution in [0.1, 0.15) is 0 Å². The van der Waals surface area contributed by atoms with Crippen molar-refractivity contribution in [1.29, 1.82) is 0 Å². The van der Waals surface area contributed by atoms with E-state index in [2.05, 4.69) is 0 Å².